The molecule has 0 bridgehead atoms. The lowest BCUT2D eigenvalue weighted by molar-refractivity contribution is -0.201. The van der Waals surface area contributed by atoms with E-state index >= 15 is 0 Å². The summed E-state index contributed by atoms with van der Waals surface area (Å²) in [5.41, 5.74) is 5.77. The molecule has 49 heavy (non-hydrogen) atoms. The van der Waals surface area contributed by atoms with Crippen molar-refractivity contribution >= 4 is 17.8 Å². The number of esters is 1. The first-order valence-corrected chi connectivity index (χ1v) is 16.3. The smallest absolute Gasteiger partial charge is 0.391 e. The molecule has 1 unspecified atom stereocenters. The molecule has 3 N–H and O–H groups in total. The van der Waals surface area contributed by atoms with E-state index in [2.05, 4.69) is 5.32 Å². The molecule has 0 saturated carbocycles. The number of ether oxygens (including phenoxy) is 6. The lowest BCUT2D eigenvalue weighted by atomic mass is 9.86. The fourth-order valence-corrected chi connectivity index (χ4v) is 5.07. The summed E-state index contributed by atoms with van der Waals surface area (Å²) >= 11 is 0. The quantitative estimate of drug-likeness (QED) is 0.102. The van der Waals surface area contributed by atoms with Crippen LogP contribution in [0.1, 0.15) is 79.2 Å². The average molecular weight is 708 g/mol. The summed E-state index contributed by atoms with van der Waals surface area (Å²) in [5.74, 6) is -1.16. The van der Waals surface area contributed by atoms with Crippen molar-refractivity contribution < 1.29 is 56.0 Å². The number of nitrogens with two attached hydrogens (primary N) is 1. The normalized spacial score (nSPS) is 13.9. The average Bonchev–Trinajstić information content (AvgIpc) is 3.01. The van der Waals surface area contributed by atoms with Crippen LogP contribution in [0.4, 0.5) is 13.2 Å². The van der Waals surface area contributed by atoms with Crippen molar-refractivity contribution in [1.82, 2.24) is 10.2 Å². The number of benzene rings is 1. The third-order valence-corrected chi connectivity index (χ3v) is 7.70. The van der Waals surface area contributed by atoms with Crippen LogP contribution in [0.15, 0.2) is 12.1 Å². The Morgan fingerprint density at radius 3 is 1.98 bits per heavy atom. The van der Waals surface area contributed by atoms with Crippen LogP contribution in [0, 0.1) is 11.3 Å². The van der Waals surface area contributed by atoms with Gasteiger partial charge in [-0.05, 0) is 37.5 Å². The van der Waals surface area contributed by atoms with Crippen LogP contribution in [-0.2, 0) is 35.1 Å². The maximum Gasteiger partial charge on any atom is 0.391 e. The topological polar surface area (TPSA) is 148 Å². The maximum atomic E-state index is 14.5. The third-order valence-electron chi connectivity index (χ3n) is 7.70. The largest absolute Gasteiger partial charge is 0.496 e. The van der Waals surface area contributed by atoms with Crippen molar-refractivity contribution in [3.05, 3.63) is 17.7 Å². The molecular weight excluding hydrogens is 651 g/mol. The van der Waals surface area contributed by atoms with Gasteiger partial charge in [0.15, 0.2) is 6.29 Å². The zero-order chi connectivity index (χ0) is 37.5. The van der Waals surface area contributed by atoms with Crippen molar-refractivity contribution in [3.8, 4) is 17.2 Å². The maximum absolute atomic E-state index is 14.5. The van der Waals surface area contributed by atoms with Gasteiger partial charge in [-0.15, -0.1) is 0 Å². The number of nitrogens with one attached hydrogen (secondary N) is 1. The minimum Gasteiger partial charge on any atom is -0.496 e. The number of hydrogen-bond donors (Lipinski definition) is 2. The van der Waals surface area contributed by atoms with E-state index in [0.717, 1.165) is 4.90 Å². The second-order valence-electron chi connectivity index (χ2n) is 13.1. The summed E-state index contributed by atoms with van der Waals surface area (Å²) in [6.07, 6.45) is -6.27. The Hall–Kier alpha value is -3.30. The Morgan fingerprint density at radius 1 is 0.959 bits per heavy atom. The highest BCUT2D eigenvalue weighted by Gasteiger charge is 2.44. The predicted molar refractivity (Wildman–Crippen MR) is 177 cm³/mol. The van der Waals surface area contributed by atoms with Crippen molar-refractivity contribution in [3.63, 3.8) is 0 Å². The first kappa shape index (κ1) is 43.7. The van der Waals surface area contributed by atoms with Gasteiger partial charge in [-0.3, -0.25) is 14.4 Å². The Balaban J connectivity index is 3.67. The van der Waals surface area contributed by atoms with Gasteiger partial charge in [0.1, 0.15) is 23.3 Å². The van der Waals surface area contributed by atoms with Crippen LogP contribution >= 0.6 is 0 Å². The minimum atomic E-state index is -4.73. The van der Waals surface area contributed by atoms with Gasteiger partial charge >= 0.3 is 12.1 Å². The molecule has 0 aliphatic carbocycles. The van der Waals surface area contributed by atoms with Crippen molar-refractivity contribution in [1.29, 1.82) is 0 Å². The lowest BCUT2D eigenvalue weighted by Gasteiger charge is -2.39. The number of unbranched alkanes of at least 4 members (excludes halogenated alkanes) is 1. The molecule has 2 amide bonds. The number of amides is 2. The molecule has 1 rings (SSSR count). The number of methoxy groups -OCH3 is 4. The highest BCUT2D eigenvalue weighted by molar-refractivity contribution is 5.90. The molecule has 0 aliphatic heterocycles. The summed E-state index contributed by atoms with van der Waals surface area (Å²) in [6, 6.07) is -0.858. The number of alkyl halides is 3. The van der Waals surface area contributed by atoms with Crippen LogP contribution in [0.5, 0.6) is 17.2 Å². The molecule has 0 saturated heterocycles. The molecule has 3 atom stereocenters. The molecule has 0 spiro atoms. The molecule has 0 radical (unpaired) electrons. The highest BCUT2D eigenvalue weighted by Crippen LogP contribution is 2.37. The van der Waals surface area contributed by atoms with Crippen molar-refractivity contribution in [2.75, 3.05) is 41.7 Å². The molecule has 0 aliphatic rings. The van der Waals surface area contributed by atoms with Crippen LogP contribution in [0.2, 0.25) is 0 Å². The van der Waals surface area contributed by atoms with Crippen LogP contribution in [-0.4, -0.2) is 94.9 Å². The summed E-state index contributed by atoms with van der Waals surface area (Å²) in [7, 11) is 5.08. The standard InChI is InChI=1S/C34H56F3N3O9/c1-11-48-28(41)14-12-13-15-49-22-17-26(44-7)23(27(18-22)45-8)20-40(25(19-34(35,36)37)32(46-9)47-10)31(43)24(16-21(2)3)39-30(42)29(38)33(4,5)6/h17-18,21,24-25,29,32H,11-16,19-20,38H2,1-10H3,(H,39,42)/t24-,25?,29+/m0/s1. The first-order valence-electron chi connectivity index (χ1n) is 16.3. The van der Waals surface area contributed by atoms with Gasteiger partial charge in [0, 0.05) is 32.8 Å². The van der Waals surface area contributed by atoms with Gasteiger partial charge in [0.05, 0.1) is 58.0 Å². The number of hydrogen-bond acceptors (Lipinski definition) is 10. The van der Waals surface area contributed by atoms with E-state index in [0.29, 0.717) is 25.2 Å². The van der Waals surface area contributed by atoms with Gasteiger partial charge < -0.3 is 44.4 Å². The van der Waals surface area contributed by atoms with Crippen LogP contribution in [0.25, 0.3) is 0 Å². The van der Waals surface area contributed by atoms with E-state index in [-0.39, 0.29) is 48.4 Å². The second-order valence-corrected chi connectivity index (χ2v) is 13.1. The van der Waals surface area contributed by atoms with Gasteiger partial charge in [-0.1, -0.05) is 34.6 Å². The molecule has 0 fully saturated rings. The Kier molecular flexibility index (Phi) is 18.2. The summed E-state index contributed by atoms with van der Waals surface area (Å²) in [4.78, 5) is 40.3. The number of carbonyl (C=O) groups is 3. The SMILES string of the molecule is CCOC(=O)CCCCOc1cc(OC)c(CN(C(=O)[C@H](CC(C)C)NC(=O)[C@@H](N)C(C)(C)C)C(CC(F)(F)F)C(OC)OC)c(OC)c1. The number of halogens is 3. The minimum absolute atomic E-state index is 0.110. The predicted octanol–water partition coefficient (Wildman–Crippen LogP) is 4.99. The van der Waals surface area contributed by atoms with Gasteiger partial charge in [0.25, 0.3) is 0 Å². The Bertz CT molecular complexity index is 1160. The number of carbonyl (C=O) groups excluding carboxylic acids is 3. The summed E-state index contributed by atoms with van der Waals surface area (Å²) < 4.78 is 75.0. The highest BCUT2D eigenvalue weighted by atomic mass is 19.4. The molecule has 282 valence electrons. The summed E-state index contributed by atoms with van der Waals surface area (Å²) in [6.45, 7) is 10.8. The van der Waals surface area contributed by atoms with E-state index in [1.165, 1.54) is 40.6 Å². The zero-order valence-corrected chi connectivity index (χ0v) is 30.5. The van der Waals surface area contributed by atoms with Gasteiger partial charge in [-0.25, -0.2) is 0 Å². The molecule has 1 aromatic rings. The molecule has 0 aromatic heterocycles. The Morgan fingerprint density at radius 2 is 1.53 bits per heavy atom. The fraction of sp³-hybridized carbons (Fsp3) is 0.735. The summed E-state index contributed by atoms with van der Waals surface area (Å²) in [5, 5.41) is 2.70. The van der Waals surface area contributed by atoms with E-state index in [1.807, 2.05) is 13.8 Å². The number of nitrogens with zero attached hydrogens (tertiary/aromatic N) is 1. The fourth-order valence-electron chi connectivity index (χ4n) is 5.07. The monoisotopic (exact) mass is 707 g/mol. The molecular formula is C34H56F3N3O9. The molecule has 0 heterocycles. The van der Waals surface area contributed by atoms with Gasteiger partial charge in [-0.2, -0.15) is 13.2 Å². The third kappa shape index (κ3) is 14.6. The zero-order valence-electron chi connectivity index (χ0n) is 30.5. The van der Waals surface area contributed by atoms with Crippen molar-refractivity contribution in [2.45, 2.75) is 111 Å². The van der Waals surface area contributed by atoms with E-state index in [1.54, 1.807) is 27.7 Å². The van der Waals surface area contributed by atoms with Crippen LogP contribution < -0.4 is 25.3 Å². The Labute approximate surface area is 288 Å². The molecule has 1 aromatic carbocycles. The van der Waals surface area contributed by atoms with E-state index in [9.17, 15) is 27.6 Å². The van der Waals surface area contributed by atoms with E-state index in [4.69, 9.17) is 34.2 Å². The lowest BCUT2D eigenvalue weighted by Crippen LogP contribution is -2.59. The van der Waals surface area contributed by atoms with Crippen molar-refractivity contribution in [2.24, 2.45) is 17.1 Å². The molecule has 15 heteroatoms. The number of rotatable bonds is 21. The van der Waals surface area contributed by atoms with Gasteiger partial charge in [0.2, 0.25) is 11.8 Å². The van der Waals surface area contributed by atoms with Crippen LogP contribution in [0.3, 0.4) is 0 Å². The first-order chi connectivity index (χ1) is 22.8. The van der Waals surface area contributed by atoms with E-state index < -0.39 is 60.8 Å². The second kappa shape index (κ2) is 20.4. The molecule has 12 nitrogen and oxygen atoms in total.